The van der Waals surface area contributed by atoms with Gasteiger partial charge in [0.15, 0.2) is 0 Å². The minimum Gasteiger partial charge on any atom is -0.377 e. The highest BCUT2D eigenvalue weighted by Gasteiger charge is 2.20. The summed E-state index contributed by atoms with van der Waals surface area (Å²) in [6.07, 6.45) is 1.81. The predicted molar refractivity (Wildman–Crippen MR) is 72.0 cm³/mol. The lowest BCUT2D eigenvalue weighted by Crippen LogP contribution is -2.46. The van der Waals surface area contributed by atoms with E-state index in [1.54, 1.807) is 0 Å². The summed E-state index contributed by atoms with van der Waals surface area (Å²) in [7, 11) is 0. The molecule has 17 heavy (non-hydrogen) atoms. The minimum absolute atomic E-state index is 0.0832. The van der Waals surface area contributed by atoms with Crippen LogP contribution >= 0.6 is 11.6 Å². The number of benzene rings is 1. The second-order valence-electron chi connectivity index (χ2n) is 3.97. The number of hydrazine groups is 1. The van der Waals surface area contributed by atoms with E-state index in [1.165, 1.54) is 0 Å². The molecule has 4 heteroatoms. The molecule has 0 saturated heterocycles. The fourth-order valence-corrected chi connectivity index (χ4v) is 2.14. The first-order valence-electron chi connectivity index (χ1n) is 6.04. The maximum atomic E-state index is 6.14. The van der Waals surface area contributed by atoms with Crippen LogP contribution in [0.1, 0.15) is 25.8 Å². The van der Waals surface area contributed by atoms with Gasteiger partial charge >= 0.3 is 0 Å². The molecule has 0 fully saturated rings. The molecule has 0 spiro atoms. The number of nitrogens with two attached hydrogens (primary N) is 1. The van der Waals surface area contributed by atoms with Gasteiger partial charge in [0.05, 0.1) is 12.1 Å². The summed E-state index contributed by atoms with van der Waals surface area (Å²) in [6.45, 7) is 4.78. The topological polar surface area (TPSA) is 47.3 Å². The molecule has 0 aliphatic rings. The molecule has 3 N–H and O–H groups in total. The Morgan fingerprint density at radius 3 is 2.59 bits per heavy atom. The van der Waals surface area contributed by atoms with Crippen LogP contribution in [0.3, 0.4) is 0 Å². The summed E-state index contributed by atoms with van der Waals surface area (Å²) >= 11 is 6.14. The highest BCUT2D eigenvalue weighted by molar-refractivity contribution is 6.31. The number of rotatable bonds is 7. The smallest absolute Gasteiger partial charge is 0.0741 e. The quantitative estimate of drug-likeness (QED) is 0.582. The largest absolute Gasteiger partial charge is 0.377 e. The van der Waals surface area contributed by atoms with Crippen LogP contribution in [0, 0.1) is 0 Å². The SMILES string of the molecule is CCOC(CC)C(Cc1ccccc1Cl)NN. The van der Waals surface area contributed by atoms with E-state index in [1.807, 2.05) is 31.2 Å². The van der Waals surface area contributed by atoms with Gasteiger partial charge < -0.3 is 4.74 Å². The Kier molecular flexibility index (Phi) is 6.52. The van der Waals surface area contributed by atoms with E-state index in [2.05, 4.69) is 12.3 Å². The van der Waals surface area contributed by atoms with Crippen LogP contribution in [0.5, 0.6) is 0 Å². The molecule has 0 amide bonds. The molecule has 1 rings (SSSR count). The zero-order valence-electron chi connectivity index (χ0n) is 10.4. The zero-order chi connectivity index (χ0) is 12.7. The Balaban J connectivity index is 2.72. The van der Waals surface area contributed by atoms with Crippen molar-refractivity contribution in [1.82, 2.24) is 5.43 Å². The molecule has 2 unspecified atom stereocenters. The lowest BCUT2D eigenvalue weighted by atomic mass is 10.00. The van der Waals surface area contributed by atoms with Gasteiger partial charge in [0.1, 0.15) is 0 Å². The number of halogens is 1. The van der Waals surface area contributed by atoms with Crippen LogP contribution in [-0.4, -0.2) is 18.8 Å². The van der Waals surface area contributed by atoms with E-state index >= 15 is 0 Å². The summed E-state index contributed by atoms with van der Waals surface area (Å²) in [5.41, 5.74) is 3.92. The second kappa shape index (κ2) is 7.67. The molecule has 1 aromatic rings. The van der Waals surface area contributed by atoms with Crippen molar-refractivity contribution in [3.8, 4) is 0 Å². The van der Waals surface area contributed by atoms with Crippen molar-refractivity contribution in [1.29, 1.82) is 0 Å². The number of ether oxygens (including phenoxy) is 1. The third-order valence-electron chi connectivity index (χ3n) is 2.84. The van der Waals surface area contributed by atoms with Crippen LogP contribution in [0.4, 0.5) is 0 Å². The molecule has 0 saturated carbocycles. The van der Waals surface area contributed by atoms with Crippen molar-refractivity contribution in [3.63, 3.8) is 0 Å². The molecule has 3 nitrogen and oxygen atoms in total. The molecule has 0 heterocycles. The van der Waals surface area contributed by atoms with Gasteiger partial charge in [-0.25, -0.2) is 0 Å². The first-order chi connectivity index (χ1) is 8.22. The maximum absolute atomic E-state index is 6.14. The molecule has 0 radical (unpaired) electrons. The third-order valence-corrected chi connectivity index (χ3v) is 3.21. The Morgan fingerprint density at radius 2 is 2.06 bits per heavy atom. The third kappa shape index (κ3) is 4.28. The van der Waals surface area contributed by atoms with Crippen molar-refractivity contribution in [2.75, 3.05) is 6.61 Å². The average Bonchev–Trinajstić information content (AvgIpc) is 2.35. The lowest BCUT2D eigenvalue weighted by molar-refractivity contribution is 0.0319. The normalized spacial score (nSPS) is 14.6. The number of hydrogen-bond acceptors (Lipinski definition) is 3. The van der Waals surface area contributed by atoms with Crippen LogP contribution < -0.4 is 11.3 Å². The van der Waals surface area contributed by atoms with E-state index in [0.29, 0.717) is 6.61 Å². The zero-order valence-corrected chi connectivity index (χ0v) is 11.2. The van der Waals surface area contributed by atoms with Crippen LogP contribution in [0.2, 0.25) is 5.02 Å². The molecule has 0 bridgehead atoms. The lowest BCUT2D eigenvalue weighted by Gasteiger charge is -2.25. The molecule has 2 atom stereocenters. The molecule has 96 valence electrons. The van der Waals surface area contributed by atoms with Crippen molar-refractivity contribution >= 4 is 11.6 Å². The van der Waals surface area contributed by atoms with Gasteiger partial charge in [-0.15, -0.1) is 0 Å². The predicted octanol–water partition coefficient (Wildman–Crippen LogP) is 2.53. The molecule has 0 aliphatic carbocycles. The van der Waals surface area contributed by atoms with Gasteiger partial charge in [-0.05, 0) is 31.4 Å². The van der Waals surface area contributed by atoms with Crippen LogP contribution in [0.25, 0.3) is 0 Å². The first kappa shape index (κ1) is 14.5. The average molecular weight is 257 g/mol. The van der Waals surface area contributed by atoms with E-state index in [9.17, 15) is 0 Å². The summed E-state index contributed by atoms with van der Waals surface area (Å²) in [4.78, 5) is 0. The fourth-order valence-electron chi connectivity index (χ4n) is 1.93. The first-order valence-corrected chi connectivity index (χ1v) is 6.41. The van der Waals surface area contributed by atoms with Gasteiger partial charge in [-0.1, -0.05) is 36.7 Å². The van der Waals surface area contributed by atoms with Crippen molar-refractivity contribution < 1.29 is 4.74 Å². The van der Waals surface area contributed by atoms with Gasteiger partial charge in [-0.3, -0.25) is 11.3 Å². The van der Waals surface area contributed by atoms with Crippen molar-refractivity contribution in [2.45, 2.75) is 38.8 Å². The van der Waals surface area contributed by atoms with Crippen LogP contribution in [0.15, 0.2) is 24.3 Å². The Morgan fingerprint density at radius 1 is 1.35 bits per heavy atom. The van der Waals surface area contributed by atoms with Gasteiger partial charge in [0, 0.05) is 11.6 Å². The van der Waals surface area contributed by atoms with Crippen LogP contribution in [-0.2, 0) is 11.2 Å². The molecule has 1 aromatic carbocycles. The Bertz CT molecular complexity index is 333. The molecule has 0 aliphatic heterocycles. The van der Waals surface area contributed by atoms with E-state index in [4.69, 9.17) is 22.2 Å². The maximum Gasteiger partial charge on any atom is 0.0741 e. The summed E-state index contributed by atoms with van der Waals surface area (Å²) in [5, 5.41) is 0.777. The molecular formula is C13H21ClN2O. The van der Waals surface area contributed by atoms with E-state index in [0.717, 1.165) is 23.4 Å². The van der Waals surface area contributed by atoms with E-state index in [-0.39, 0.29) is 12.1 Å². The molecule has 0 aromatic heterocycles. The monoisotopic (exact) mass is 256 g/mol. The summed E-state index contributed by atoms with van der Waals surface area (Å²) < 4.78 is 5.67. The molecular weight excluding hydrogens is 236 g/mol. The highest BCUT2D eigenvalue weighted by Crippen LogP contribution is 2.18. The Labute approximate surface area is 108 Å². The van der Waals surface area contributed by atoms with Gasteiger partial charge in [0.25, 0.3) is 0 Å². The summed E-state index contributed by atoms with van der Waals surface area (Å²) in [6, 6.07) is 7.91. The van der Waals surface area contributed by atoms with Gasteiger partial charge in [0.2, 0.25) is 0 Å². The Hall–Kier alpha value is -0.610. The van der Waals surface area contributed by atoms with Gasteiger partial charge in [-0.2, -0.15) is 0 Å². The second-order valence-corrected chi connectivity index (χ2v) is 4.38. The standard InChI is InChI=1S/C13H21ClN2O/c1-3-13(17-4-2)12(16-15)9-10-7-5-6-8-11(10)14/h5-8,12-13,16H,3-4,9,15H2,1-2H3. The highest BCUT2D eigenvalue weighted by atomic mass is 35.5. The van der Waals surface area contributed by atoms with Crippen molar-refractivity contribution in [2.24, 2.45) is 5.84 Å². The number of hydrogen-bond donors (Lipinski definition) is 2. The van der Waals surface area contributed by atoms with E-state index < -0.39 is 0 Å². The fraction of sp³-hybridized carbons (Fsp3) is 0.538. The minimum atomic E-state index is 0.0832. The number of nitrogens with one attached hydrogen (secondary N) is 1. The van der Waals surface area contributed by atoms with Crippen molar-refractivity contribution in [3.05, 3.63) is 34.9 Å². The summed E-state index contributed by atoms with van der Waals surface area (Å²) in [5.74, 6) is 5.60.